The van der Waals surface area contributed by atoms with E-state index in [9.17, 15) is 0 Å². The van der Waals surface area contributed by atoms with E-state index in [1.807, 2.05) is 6.07 Å². The minimum Gasteiger partial charge on any atom is -0.309 e. The molecule has 0 heterocycles. The summed E-state index contributed by atoms with van der Waals surface area (Å²) < 4.78 is 1.04. The molecule has 1 saturated carbocycles. The van der Waals surface area contributed by atoms with Gasteiger partial charge < -0.3 is 5.32 Å². The third-order valence-electron chi connectivity index (χ3n) is 4.06. The van der Waals surface area contributed by atoms with Crippen LogP contribution in [0.1, 0.15) is 45.1 Å². The van der Waals surface area contributed by atoms with Crippen LogP contribution in [0.3, 0.4) is 0 Å². The van der Waals surface area contributed by atoms with Gasteiger partial charge in [0.25, 0.3) is 0 Å². The fraction of sp³-hybridized carbons (Fsp3) is 0.600. The van der Waals surface area contributed by atoms with Gasteiger partial charge in [-0.05, 0) is 36.0 Å². The fourth-order valence-electron chi connectivity index (χ4n) is 2.77. The maximum atomic E-state index is 6.25. The zero-order valence-electron chi connectivity index (χ0n) is 11.1. The monoisotopic (exact) mass is 329 g/mol. The van der Waals surface area contributed by atoms with Gasteiger partial charge in [0.1, 0.15) is 0 Å². The van der Waals surface area contributed by atoms with Crippen molar-refractivity contribution in [3.63, 3.8) is 0 Å². The van der Waals surface area contributed by atoms with Gasteiger partial charge in [0, 0.05) is 22.1 Å². The Labute approximate surface area is 123 Å². The van der Waals surface area contributed by atoms with E-state index in [1.54, 1.807) is 0 Å². The van der Waals surface area contributed by atoms with E-state index in [0.717, 1.165) is 16.0 Å². The topological polar surface area (TPSA) is 12.0 Å². The molecular weight excluding hydrogens is 310 g/mol. The molecule has 0 spiro atoms. The highest BCUT2D eigenvalue weighted by Crippen LogP contribution is 2.35. The molecule has 2 rings (SSSR count). The van der Waals surface area contributed by atoms with Crippen molar-refractivity contribution in [1.82, 2.24) is 5.32 Å². The van der Waals surface area contributed by atoms with Crippen molar-refractivity contribution in [1.29, 1.82) is 0 Å². The summed E-state index contributed by atoms with van der Waals surface area (Å²) in [6, 6.07) is 6.71. The summed E-state index contributed by atoms with van der Waals surface area (Å²) in [7, 11) is 0. The highest BCUT2D eigenvalue weighted by molar-refractivity contribution is 9.10. The molecule has 100 valence electrons. The molecule has 1 aromatic carbocycles. The molecule has 0 saturated heterocycles. The second-order valence-corrected chi connectivity index (χ2v) is 7.23. The molecule has 3 heteroatoms. The van der Waals surface area contributed by atoms with E-state index < -0.39 is 0 Å². The summed E-state index contributed by atoms with van der Waals surface area (Å²) in [5.74, 6) is 0. The van der Waals surface area contributed by atoms with Crippen molar-refractivity contribution in [2.24, 2.45) is 5.41 Å². The van der Waals surface area contributed by atoms with Crippen LogP contribution in [0.4, 0.5) is 0 Å². The van der Waals surface area contributed by atoms with Crippen LogP contribution >= 0.6 is 27.5 Å². The van der Waals surface area contributed by atoms with Gasteiger partial charge in [0.15, 0.2) is 0 Å². The standard InChI is InChI=1S/C15H21BrClN/c1-15(2)8-4-3-5-14(15)18-10-11-6-7-12(16)9-13(11)17/h6-7,9,14,18H,3-5,8,10H2,1-2H3. The maximum absolute atomic E-state index is 6.25. The van der Waals surface area contributed by atoms with Crippen LogP contribution < -0.4 is 5.32 Å². The van der Waals surface area contributed by atoms with Gasteiger partial charge in [-0.2, -0.15) is 0 Å². The molecule has 18 heavy (non-hydrogen) atoms. The highest BCUT2D eigenvalue weighted by Gasteiger charge is 2.31. The van der Waals surface area contributed by atoms with Crippen LogP contribution in [-0.4, -0.2) is 6.04 Å². The average Bonchev–Trinajstić information content (AvgIpc) is 2.29. The second kappa shape index (κ2) is 5.94. The number of benzene rings is 1. The summed E-state index contributed by atoms with van der Waals surface area (Å²) in [4.78, 5) is 0. The normalized spacial score (nSPS) is 23.0. The van der Waals surface area contributed by atoms with Gasteiger partial charge in [-0.25, -0.2) is 0 Å². The van der Waals surface area contributed by atoms with Crippen LogP contribution in [0, 0.1) is 5.41 Å². The van der Waals surface area contributed by atoms with Crippen molar-refractivity contribution < 1.29 is 0 Å². The molecule has 1 unspecified atom stereocenters. The number of nitrogens with one attached hydrogen (secondary N) is 1. The van der Waals surface area contributed by atoms with E-state index in [4.69, 9.17) is 11.6 Å². The number of halogens is 2. The summed E-state index contributed by atoms with van der Waals surface area (Å²) in [6.07, 6.45) is 5.30. The Morgan fingerprint density at radius 2 is 2.17 bits per heavy atom. The molecule has 1 aromatic rings. The highest BCUT2D eigenvalue weighted by atomic mass is 79.9. The Bertz CT molecular complexity index is 417. The first-order valence-electron chi connectivity index (χ1n) is 6.66. The zero-order chi connectivity index (χ0) is 13.2. The lowest BCUT2D eigenvalue weighted by atomic mass is 9.73. The lowest BCUT2D eigenvalue weighted by molar-refractivity contribution is 0.167. The van der Waals surface area contributed by atoms with E-state index >= 15 is 0 Å². The second-order valence-electron chi connectivity index (χ2n) is 5.90. The summed E-state index contributed by atoms with van der Waals surface area (Å²) in [5.41, 5.74) is 1.58. The van der Waals surface area contributed by atoms with Gasteiger partial charge in [0.2, 0.25) is 0 Å². The number of rotatable bonds is 3. The minimum absolute atomic E-state index is 0.403. The van der Waals surface area contributed by atoms with Crippen molar-refractivity contribution in [2.75, 3.05) is 0 Å². The van der Waals surface area contributed by atoms with Crippen LogP contribution in [0.25, 0.3) is 0 Å². The third kappa shape index (κ3) is 3.49. The first-order valence-corrected chi connectivity index (χ1v) is 7.83. The molecule has 0 bridgehead atoms. The van der Waals surface area contributed by atoms with Gasteiger partial charge in [-0.15, -0.1) is 0 Å². The SMILES string of the molecule is CC1(C)CCCCC1NCc1ccc(Br)cc1Cl. The Kier molecular flexibility index (Phi) is 4.74. The predicted molar refractivity (Wildman–Crippen MR) is 82.0 cm³/mol. The lowest BCUT2D eigenvalue weighted by Crippen LogP contribution is -2.43. The molecule has 1 fully saturated rings. The molecular formula is C15H21BrClN. The van der Waals surface area contributed by atoms with Gasteiger partial charge in [-0.3, -0.25) is 0 Å². The molecule has 1 N–H and O–H groups in total. The van der Waals surface area contributed by atoms with E-state index in [1.165, 1.54) is 31.2 Å². The minimum atomic E-state index is 0.403. The number of hydrogen-bond donors (Lipinski definition) is 1. The van der Waals surface area contributed by atoms with Gasteiger partial charge >= 0.3 is 0 Å². The van der Waals surface area contributed by atoms with Crippen LogP contribution in [0.15, 0.2) is 22.7 Å². The predicted octanol–water partition coefficient (Wildman–Crippen LogP) is 5.16. The number of hydrogen-bond acceptors (Lipinski definition) is 1. The van der Waals surface area contributed by atoms with Crippen molar-refractivity contribution >= 4 is 27.5 Å². The smallest absolute Gasteiger partial charge is 0.0462 e. The Balaban J connectivity index is 1.98. The molecule has 1 aliphatic carbocycles. The summed E-state index contributed by atoms with van der Waals surface area (Å²) in [6.45, 7) is 5.60. The lowest BCUT2D eigenvalue weighted by Gasteiger charge is -2.39. The molecule has 0 aliphatic heterocycles. The summed E-state index contributed by atoms with van der Waals surface area (Å²) in [5, 5.41) is 4.53. The van der Waals surface area contributed by atoms with Crippen LogP contribution in [0.5, 0.6) is 0 Å². The molecule has 0 aromatic heterocycles. The van der Waals surface area contributed by atoms with Crippen LogP contribution in [-0.2, 0) is 6.54 Å². The first-order chi connectivity index (χ1) is 8.49. The van der Waals surface area contributed by atoms with Crippen molar-refractivity contribution in [3.8, 4) is 0 Å². The van der Waals surface area contributed by atoms with Crippen LogP contribution in [0.2, 0.25) is 5.02 Å². The molecule has 1 aliphatic rings. The largest absolute Gasteiger partial charge is 0.309 e. The molecule has 0 radical (unpaired) electrons. The Morgan fingerprint density at radius 1 is 1.39 bits per heavy atom. The molecule has 0 amide bonds. The Morgan fingerprint density at radius 3 is 2.83 bits per heavy atom. The third-order valence-corrected chi connectivity index (χ3v) is 4.91. The van der Waals surface area contributed by atoms with E-state index in [-0.39, 0.29) is 0 Å². The average molecular weight is 331 g/mol. The van der Waals surface area contributed by atoms with E-state index in [2.05, 4.69) is 47.2 Å². The quantitative estimate of drug-likeness (QED) is 0.807. The summed E-state index contributed by atoms with van der Waals surface area (Å²) >= 11 is 9.69. The Hall–Kier alpha value is -0.0500. The van der Waals surface area contributed by atoms with Gasteiger partial charge in [0.05, 0.1) is 0 Å². The van der Waals surface area contributed by atoms with Crippen molar-refractivity contribution in [2.45, 2.75) is 52.1 Å². The molecule has 1 atom stereocenters. The van der Waals surface area contributed by atoms with Crippen molar-refractivity contribution in [3.05, 3.63) is 33.3 Å². The van der Waals surface area contributed by atoms with E-state index in [0.29, 0.717) is 11.5 Å². The fourth-order valence-corrected chi connectivity index (χ4v) is 3.51. The maximum Gasteiger partial charge on any atom is 0.0462 e. The zero-order valence-corrected chi connectivity index (χ0v) is 13.4. The first kappa shape index (κ1) is 14.4. The molecule has 1 nitrogen and oxygen atoms in total. The van der Waals surface area contributed by atoms with Gasteiger partial charge in [-0.1, -0.05) is 60.3 Å².